The van der Waals surface area contributed by atoms with Gasteiger partial charge in [-0.1, -0.05) is 17.3 Å². The van der Waals surface area contributed by atoms with E-state index in [2.05, 4.69) is 9.44 Å². The van der Waals surface area contributed by atoms with Crippen molar-refractivity contribution in [1.29, 1.82) is 5.26 Å². The van der Waals surface area contributed by atoms with Gasteiger partial charge in [0.2, 0.25) is 0 Å². The average Bonchev–Trinajstić information content (AvgIpc) is 2.29. The van der Waals surface area contributed by atoms with E-state index in [9.17, 15) is 8.42 Å². The van der Waals surface area contributed by atoms with E-state index in [1.165, 1.54) is 7.11 Å². The minimum Gasteiger partial charge on any atom is -0.497 e. The Bertz CT molecular complexity index is 572. The summed E-state index contributed by atoms with van der Waals surface area (Å²) < 4.78 is 30.7. The predicted octanol–water partition coefficient (Wildman–Crippen LogP) is 0.899. The molecule has 90 valence electrons. The van der Waals surface area contributed by atoms with Crippen LogP contribution >= 0.6 is 0 Å². The van der Waals surface area contributed by atoms with Crippen LogP contribution in [0.4, 0.5) is 0 Å². The summed E-state index contributed by atoms with van der Waals surface area (Å²) in [5.74, 6) is 0.532. The third-order valence-electron chi connectivity index (χ3n) is 1.71. The summed E-state index contributed by atoms with van der Waals surface area (Å²) in [4.78, 5) is 0. The standard InChI is InChI=1S/C10H10N2O4S/c1-15-9-5-3-4-8(6-9)10(7-11)12-16-17(2,13)14/h3-6H,1-2H3. The van der Waals surface area contributed by atoms with Gasteiger partial charge in [0.05, 0.1) is 13.4 Å². The minimum absolute atomic E-state index is 0.144. The van der Waals surface area contributed by atoms with Gasteiger partial charge in [0, 0.05) is 5.56 Å². The summed E-state index contributed by atoms with van der Waals surface area (Å²) in [6.45, 7) is 0. The first-order valence-electron chi connectivity index (χ1n) is 4.47. The molecule has 0 saturated heterocycles. The van der Waals surface area contributed by atoms with Crippen molar-refractivity contribution in [3.8, 4) is 11.8 Å². The molecule has 0 fully saturated rings. The summed E-state index contributed by atoms with van der Waals surface area (Å²) in [6, 6.07) is 8.23. The number of nitriles is 1. The van der Waals surface area contributed by atoms with Crippen molar-refractivity contribution >= 4 is 15.8 Å². The summed E-state index contributed by atoms with van der Waals surface area (Å²) in [7, 11) is -2.24. The van der Waals surface area contributed by atoms with Crippen LogP contribution in [0.25, 0.3) is 0 Å². The van der Waals surface area contributed by atoms with Crippen LogP contribution in [0.5, 0.6) is 5.75 Å². The van der Waals surface area contributed by atoms with Gasteiger partial charge >= 0.3 is 10.1 Å². The molecule has 0 atom stereocenters. The molecule has 1 aromatic rings. The van der Waals surface area contributed by atoms with Crippen LogP contribution in [0, 0.1) is 11.3 Å². The van der Waals surface area contributed by atoms with Crippen molar-refractivity contribution < 1.29 is 17.4 Å². The van der Waals surface area contributed by atoms with E-state index < -0.39 is 10.1 Å². The van der Waals surface area contributed by atoms with Gasteiger partial charge in [0.15, 0.2) is 5.71 Å². The summed E-state index contributed by atoms with van der Waals surface area (Å²) in [5.41, 5.74) is 0.268. The van der Waals surface area contributed by atoms with Crippen molar-refractivity contribution in [3.05, 3.63) is 29.8 Å². The lowest BCUT2D eigenvalue weighted by Gasteiger charge is -2.02. The van der Waals surface area contributed by atoms with Gasteiger partial charge in [-0.3, -0.25) is 4.28 Å². The Hall–Kier alpha value is -2.07. The molecule has 0 aliphatic rings. The lowest BCUT2D eigenvalue weighted by molar-refractivity contribution is 0.344. The average molecular weight is 254 g/mol. The first-order valence-corrected chi connectivity index (χ1v) is 6.29. The zero-order valence-corrected chi connectivity index (χ0v) is 10.1. The molecule has 0 saturated carbocycles. The molecule has 0 unspecified atom stereocenters. The van der Waals surface area contributed by atoms with Crippen molar-refractivity contribution in [2.45, 2.75) is 0 Å². The van der Waals surface area contributed by atoms with Crippen LogP contribution in [0.3, 0.4) is 0 Å². The number of rotatable bonds is 4. The van der Waals surface area contributed by atoms with E-state index in [4.69, 9.17) is 10.00 Å². The molecule has 0 spiro atoms. The molecule has 7 heteroatoms. The summed E-state index contributed by atoms with van der Waals surface area (Å²) in [6.07, 6.45) is 0.844. The molecule has 0 aliphatic heterocycles. The van der Waals surface area contributed by atoms with Gasteiger partial charge in [-0.2, -0.15) is 13.7 Å². The monoisotopic (exact) mass is 254 g/mol. The molecular weight excluding hydrogens is 244 g/mol. The number of benzene rings is 1. The Morgan fingerprint density at radius 2 is 2.18 bits per heavy atom. The fourth-order valence-corrected chi connectivity index (χ4v) is 1.22. The Morgan fingerprint density at radius 1 is 1.47 bits per heavy atom. The van der Waals surface area contributed by atoms with Crippen LogP contribution in [0.1, 0.15) is 5.56 Å². The molecule has 1 aromatic carbocycles. The fraction of sp³-hybridized carbons (Fsp3) is 0.200. The highest BCUT2D eigenvalue weighted by molar-refractivity contribution is 7.85. The van der Waals surface area contributed by atoms with Gasteiger partial charge in [0.1, 0.15) is 11.8 Å². The highest BCUT2D eigenvalue weighted by Gasteiger charge is 2.07. The molecule has 17 heavy (non-hydrogen) atoms. The molecule has 0 aromatic heterocycles. The molecule has 0 N–H and O–H groups in total. The molecule has 0 amide bonds. The number of nitrogens with zero attached hydrogens (tertiary/aromatic N) is 2. The number of methoxy groups -OCH3 is 1. The normalized spacial score (nSPS) is 11.7. The van der Waals surface area contributed by atoms with E-state index in [0.29, 0.717) is 11.3 Å². The highest BCUT2D eigenvalue weighted by Crippen LogP contribution is 2.13. The van der Waals surface area contributed by atoms with Gasteiger partial charge in [-0.25, -0.2) is 0 Å². The third kappa shape index (κ3) is 4.12. The first kappa shape index (κ1) is 13.0. The lowest BCUT2D eigenvalue weighted by atomic mass is 10.1. The van der Waals surface area contributed by atoms with Crippen LogP contribution < -0.4 is 4.74 Å². The molecule has 0 heterocycles. The van der Waals surface area contributed by atoms with Crippen molar-refractivity contribution in [2.24, 2.45) is 5.16 Å². The molecule has 1 rings (SSSR count). The molecular formula is C10H10N2O4S. The second-order valence-electron chi connectivity index (χ2n) is 3.06. The molecule has 0 radical (unpaired) electrons. The van der Waals surface area contributed by atoms with Gasteiger partial charge < -0.3 is 4.74 Å². The number of hydrogen-bond donors (Lipinski definition) is 0. The molecule has 6 nitrogen and oxygen atoms in total. The van der Waals surface area contributed by atoms with Crippen molar-refractivity contribution in [1.82, 2.24) is 0 Å². The molecule has 0 bridgehead atoms. The quantitative estimate of drug-likeness (QED) is 0.588. The van der Waals surface area contributed by atoms with Crippen LogP contribution in [0.2, 0.25) is 0 Å². The maximum absolute atomic E-state index is 10.7. The van der Waals surface area contributed by atoms with E-state index >= 15 is 0 Å². The van der Waals surface area contributed by atoms with Crippen molar-refractivity contribution in [2.75, 3.05) is 13.4 Å². The lowest BCUT2D eigenvalue weighted by Crippen LogP contribution is -2.03. The highest BCUT2D eigenvalue weighted by atomic mass is 32.2. The topological polar surface area (TPSA) is 88.8 Å². The van der Waals surface area contributed by atoms with Crippen LogP contribution in [0.15, 0.2) is 29.4 Å². The Labute approximate surface area is 99.2 Å². The maximum Gasteiger partial charge on any atom is 0.325 e. The van der Waals surface area contributed by atoms with E-state index in [1.807, 2.05) is 0 Å². The molecule has 0 aliphatic carbocycles. The van der Waals surface area contributed by atoms with E-state index in [-0.39, 0.29) is 5.71 Å². The Morgan fingerprint density at radius 3 is 2.71 bits per heavy atom. The minimum atomic E-state index is -3.72. The van der Waals surface area contributed by atoms with E-state index in [1.54, 1.807) is 30.3 Å². The van der Waals surface area contributed by atoms with Gasteiger partial charge in [-0.15, -0.1) is 0 Å². The zero-order chi connectivity index (χ0) is 12.9. The van der Waals surface area contributed by atoms with E-state index in [0.717, 1.165) is 6.26 Å². The Balaban J connectivity index is 3.06. The largest absolute Gasteiger partial charge is 0.497 e. The van der Waals surface area contributed by atoms with Gasteiger partial charge in [0.25, 0.3) is 0 Å². The number of hydrogen-bond acceptors (Lipinski definition) is 6. The maximum atomic E-state index is 10.7. The first-order chi connectivity index (χ1) is 7.96. The summed E-state index contributed by atoms with van der Waals surface area (Å²) >= 11 is 0. The zero-order valence-electron chi connectivity index (χ0n) is 9.25. The third-order valence-corrected chi connectivity index (χ3v) is 2.06. The summed E-state index contributed by atoms with van der Waals surface area (Å²) in [5, 5.41) is 12.1. The van der Waals surface area contributed by atoms with Crippen LogP contribution in [-0.2, 0) is 14.4 Å². The second-order valence-corrected chi connectivity index (χ2v) is 4.62. The smallest absolute Gasteiger partial charge is 0.325 e. The second kappa shape index (κ2) is 5.32. The van der Waals surface area contributed by atoms with Gasteiger partial charge in [-0.05, 0) is 12.1 Å². The number of ether oxygens (including phenoxy) is 1. The SMILES string of the molecule is COc1cccc(C(C#N)=NOS(C)(=O)=O)c1. The van der Waals surface area contributed by atoms with Crippen molar-refractivity contribution in [3.63, 3.8) is 0 Å². The number of oxime groups is 1. The Kier molecular flexibility index (Phi) is 4.06. The predicted molar refractivity (Wildman–Crippen MR) is 61.1 cm³/mol. The fourth-order valence-electron chi connectivity index (χ4n) is 1.01. The van der Waals surface area contributed by atoms with Crippen LogP contribution in [-0.4, -0.2) is 27.5 Å².